The molecule has 6 nitrogen and oxygen atoms in total. The van der Waals surface area contributed by atoms with Crippen LogP contribution in [0, 0.1) is 0 Å². The van der Waals surface area contributed by atoms with Gasteiger partial charge in [0.05, 0.1) is 15.6 Å². The van der Waals surface area contributed by atoms with Gasteiger partial charge in [-0.3, -0.25) is 14.4 Å². The first kappa shape index (κ1) is 21.7. The van der Waals surface area contributed by atoms with E-state index in [4.69, 9.17) is 27.9 Å². The van der Waals surface area contributed by atoms with Gasteiger partial charge in [-0.1, -0.05) is 30.1 Å². The maximum Gasteiger partial charge on any atom is 0.262 e. The van der Waals surface area contributed by atoms with Crippen molar-refractivity contribution in [3.8, 4) is 5.75 Å². The lowest BCUT2D eigenvalue weighted by molar-refractivity contribution is -0.118. The summed E-state index contributed by atoms with van der Waals surface area (Å²) in [5, 5.41) is 6.06. The minimum Gasteiger partial charge on any atom is -0.483 e. The molecular weight excluding hydrogens is 403 g/mol. The monoisotopic (exact) mass is 422 g/mol. The Morgan fingerprint density at radius 3 is 2.21 bits per heavy atom. The van der Waals surface area contributed by atoms with E-state index in [9.17, 15) is 14.4 Å². The van der Waals surface area contributed by atoms with Gasteiger partial charge in [0.25, 0.3) is 5.91 Å². The molecule has 0 atom stereocenters. The average Bonchev–Trinajstić information content (AvgIpc) is 2.63. The summed E-state index contributed by atoms with van der Waals surface area (Å²) in [6, 6.07) is 9.40. The summed E-state index contributed by atoms with van der Waals surface area (Å²) >= 11 is 11.8. The third-order valence-electron chi connectivity index (χ3n) is 3.68. The highest BCUT2D eigenvalue weighted by Crippen LogP contribution is 2.26. The zero-order valence-electron chi connectivity index (χ0n) is 15.5. The van der Waals surface area contributed by atoms with Crippen LogP contribution in [-0.2, 0) is 9.59 Å². The minimum atomic E-state index is -0.423. The number of carbonyl (C=O) groups excluding carboxylic acids is 3. The molecular formula is C20H20Cl2N2O4. The van der Waals surface area contributed by atoms with Gasteiger partial charge in [0, 0.05) is 17.8 Å². The van der Waals surface area contributed by atoms with Gasteiger partial charge in [0.15, 0.2) is 12.4 Å². The van der Waals surface area contributed by atoms with Crippen LogP contribution in [0.15, 0.2) is 36.4 Å². The molecule has 0 heterocycles. The van der Waals surface area contributed by atoms with Crippen LogP contribution in [-0.4, -0.2) is 24.2 Å². The Kier molecular flexibility index (Phi) is 7.84. The lowest BCUT2D eigenvalue weighted by Crippen LogP contribution is -2.21. The summed E-state index contributed by atoms with van der Waals surface area (Å²) in [5.41, 5.74) is 1.25. The molecule has 0 aromatic heterocycles. The van der Waals surface area contributed by atoms with Crippen molar-refractivity contribution in [2.45, 2.75) is 26.7 Å². The first-order chi connectivity index (χ1) is 13.3. The summed E-state index contributed by atoms with van der Waals surface area (Å²) in [6.45, 7) is 2.98. The highest BCUT2D eigenvalue weighted by atomic mass is 35.5. The third kappa shape index (κ3) is 6.25. The topological polar surface area (TPSA) is 84.5 Å². The zero-order valence-corrected chi connectivity index (χ0v) is 17.0. The third-order valence-corrected chi connectivity index (χ3v) is 4.42. The van der Waals surface area contributed by atoms with Gasteiger partial charge in [-0.2, -0.15) is 0 Å². The molecule has 8 heteroatoms. The van der Waals surface area contributed by atoms with Crippen LogP contribution in [0.2, 0.25) is 10.0 Å². The van der Waals surface area contributed by atoms with E-state index in [1.54, 1.807) is 24.3 Å². The number of ketones is 1. The van der Waals surface area contributed by atoms with E-state index in [0.717, 1.165) is 6.42 Å². The Balaban J connectivity index is 2.03. The van der Waals surface area contributed by atoms with Gasteiger partial charge < -0.3 is 15.4 Å². The molecule has 0 radical (unpaired) electrons. The van der Waals surface area contributed by atoms with Gasteiger partial charge in [0.2, 0.25) is 5.91 Å². The number of anilines is 2. The van der Waals surface area contributed by atoms with E-state index in [1.807, 2.05) is 6.92 Å². The number of carbonyl (C=O) groups is 3. The first-order valence-corrected chi connectivity index (χ1v) is 9.38. The average molecular weight is 423 g/mol. The number of hydrogen-bond acceptors (Lipinski definition) is 4. The molecule has 148 valence electrons. The number of halogens is 2. The summed E-state index contributed by atoms with van der Waals surface area (Å²) in [6.07, 6.45) is 1.11. The molecule has 0 fully saturated rings. The van der Waals surface area contributed by atoms with Gasteiger partial charge >= 0.3 is 0 Å². The summed E-state index contributed by atoms with van der Waals surface area (Å²) < 4.78 is 5.49. The maximum absolute atomic E-state index is 12.1. The fourth-order valence-corrected chi connectivity index (χ4v) is 2.67. The number of ether oxygens (including phenoxy) is 1. The second-order valence-corrected chi connectivity index (χ2v) is 6.85. The smallest absolute Gasteiger partial charge is 0.262 e. The summed E-state index contributed by atoms with van der Waals surface area (Å²) in [4.78, 5) is 35.7. The number of amides is 2. The Morgan fingerprint density at radius 2 is 1.57 bits per heavy atom. The van der Waals surface area contributed by atoms with Crippen molar-refractivity contribution >= 4 is 52.2 Å². The van der Waals surface area contributed by atoms with Crippen LogP contribution < -0.4 is 15.4 Å². The normalized spacial score (nSPS) is 10.3. The molecule has 0 spiro atoms. The SMILES string of the molecule is CCCC(=O)Nc1ccc(OCC(=O)Nc2ccc(Cl)c(Cl)c2)c(C(C)=O)c1. The molecule has 2 amide bonds. The number of Topliss-reactive ketones (excluding diaryl/α,β-unsaturated/α-hetero) is 1. The van der Waals surface area contributed by atoms with Crippen LogP contribution in [0.4, 0.5) is 11.4 Å². The van der Waals surface area contributed by atoms with Crippen molar-refractivity contribution < 1.29 is 19.1 Å². The van der Waals surface area contributed by atoms with Crippen LogP contribution in [0.5, 0.6) is 5.75 Å². The van der Waals surface area contributed by atoms with E-state index in [0.29, 0.717) is 27.8 Å². The number of rotatable bonds is 8. The molecule has 2 aromatic carbocycles. The van der Waals surface area contributed by atoms with E-state index >= 15 is 0 Å². The molecule has 2 rings (SSSR count). The van der Waals surface area contributed by atoms with Crippen molar-refractivity contribution in [2.75, 3.05) is 17.2 Å². The van der Waals surface area contributed by atoms with Crippen molar-refractivity contribution in [1.82, 2.24) is 0 Å². The molecule has 0 aliphatic rings. The number of nitrogens with one attached hydrogen (secondary N) is 2. The zero-order chi connectivity index (χ0) is 20.7. The summed E-state index contributed by atoms with van der Waals surface area (Å²) in [7, 11) is 0. The molecule has 0 aliphatic heterocycles. The van der Waals surface area contributed by atoms with Crippen LogP contribution in [0.25, 0.3) is 0 Å². The van der Waals surface area contributed by atoms with Gasteiger partial charge in [-0.15, -0.1) is 0 Å². The molecule has 0 saturated heterocycles. The highest BCUT2D eigenvalue weighted by Gasteiger charge is 2.13. The molecule has 0 saturated carbocycles. The Bertz CT molecular complexity index is 900. The lowest BCUT2D eigenvalue weighted by Gasteiger charge is -2.12. The minimum absolute atomic E-state index is 0.133. The second kappa shape index (κ2) is 10.1. The van der Waals surface area contributed by atoms with Gasteiger partial charge in [-0.05, 0) is 49.7 Å². The Morgan fingerprint density at radius 1 is 0.929 bits per heavy atom. The van der Waals surface area contributed by atoms with E-state index < -0.39 is 5.91 Å². The maximum atomic E-state index is 12.1. The fraction of sp³-hybridized carbons (Fsp3) is 0.250. The molecule has 28 heavy (non-hydrogen) atoms. The Hall–Kier alpha value is -2.57. The second-order valence-electron chi connectivity index (χ2n) is 6.03. The quantitative estimate of drug-likeness (QED) is 0.589. The van der Waals surface area contributed by atoms with Crippen molar-refractivity contribution in [1.29, 1.82) is 0 Å². The van der Waals surface area contributed by atoms with Crippen LogP contribution >= 0.6 is 23.2 Å². The van der Waals surface area contributed by atoms with Crippen LogP contribution in [0.1, 0.15) is 37.0 Å². The predicted octanol–water partition coefficient (Wildman–Crippen LogP) is 4.95. The Labute approximate surface area is 173 Å². The van der Waals surface area contributed by atoms with E-state index in [2.05, 4.69) is 10.6 Å². The fourth-order valence-electron chi connectivity index (χ4n) is 2.37. The lowest BCUT2D eigenvalue weighted by atomic mass is 10.1. The molecule has 2 N–H and O–H groups in total. The van der Waals surface area contributed by atoms with Crippen molar-refractivity contribution in [3.05, 3.63) is 52.0 Å². The number of benzene rings is 2. The molecule has 0 unspecified atom stereocenters. The van der Waals surface area contributed by atoms with E-state index in [-0.39, 0.29) is 29.6 Å². The molecule has 0 aliphatic carbocycles. The van der Waals surface area contributed by atoms with Crippen molar-refractivity contribution in [2.24, 2.45) is 0 Å². The standard InChI is InChI=1S/C20H20Cl2N2O4/c1-3-4-19(26)23-13-6-8-18(15(9-13)12(2)25)28-11-20(27)24-14-5-7-16(21)17(22)10-14/h5-10H,3-4,11H2,1-2H3,(H,23,26)(H,24,27). The van der Waals surface area contributed by atoms with Gasteiger partial charge in [-0.25, -0.2) is 0 Å². The van der Waals surface area contributed by atoms with Gasteiger partial charge in [0.1, 0.15) is 5.75 Å². The predicted molar refractivity (Wildman–Crippen MR) is 111 cm³/mol. The highest BCUT2D eigenvalue weighted by molar-refractivity contribution is 6.42. The van der Waals surface area contributed by atoms with Crippen LogP contribution in [0.3, 0.4) is 0 Å². The largest absolute Gasteiger partial charge is 0.483 e. The summed E-state index contributed by atoms with van der Waals surface area (Å²) in [5.74, 6) is -0.545. The first-order valence-electron chi connectivity index (χ1n) is 8.62. The van der Waals surface area contributed by atoms with E-state index in [1.165, 1.54) is 19.1 Å². The number of hydrogen-bond donors (Lipinski definition) is 2. The van der Waals surface area contributed by atoms with Crippen molar-refractivity contribution in [3.63, 3.8) is 0 Å². The molecule has 0 bridgehead atoms. The molecule has 2 aromatic rings.